The normalized spacial score (nSPS) is 19.6. The fourth-order valence-corrected chi connectivity index (χ4v) is 3.66. The van der Waals surface area contributed by atoms with Gasteiger partial charge < -0.3 is 14.6 Å². The Kier molecular flexibility index (Phi) is 5.40. The second-order valence-electron chi connectivity index (χ2n) is 6.79. The summed E-state index contributed by atoms with van der Waals surface area (Å²) in [6, 6.07) is 9.48. The minimum Gasteiger partial charge on any atom is -0.497 e. The molecule has 138 valence electrons. The van der Waals surface area contributed by atoms with Gasteiger partial charge in [0.1, 0.15) is 11.6 Å². The Morgan fingerprint density at radius 1 is 1.27 bits per heavy atom. The predicted molar refractivity (Wildman–Crippen MR) is 99.6 cm³/mol. The lowest BCUT2D eigenvalue weighted by Crippen LogP contribution is -2.28. The van der Waals surface area contributed by atoms with Crippen molar-refractivity contribution in [2.24, 2.45) is 0 Å². The van der Waals surface area contributed by atoms with Crippen LogP contribution in [0.1, 0.15) is 48.7 Å². The van der Waals surface area contributed by atoms with Gasteiger partial charge in [0, 0.05) is 37.4 Å². The maximum Gasteiger partial charge on any atom is 0.251 e. The van der Waals surface area contributed by atoms with Gasteiger partial charge in [0.05, 0.1) is 12.8 Å². The van der Waals surface area contributed by atoms with Crippen molar-refractivity contribution in [1.82, 2.24) is 14.9 Å². The van der Waals surface area contributed by atoms with Crippen LogP contribution in [0.2, 0.25) is 0 Å². The first kappa shape index (κ1) is 18.2. The smallest absolute Gasteiger partial charge is 0.251 e. The zero-order chi connectivity index (χ0) is 18.7. The fraction of sp³-hybridized carbons (Fsp3) is 0.450. The zero-order valence-electron chi connectivity index (χ0n) is 15.5. The van der Waals surface area contributed by atoms with E-state index < -0.39 is 0 Å². The number of carbonyl (C=O) groups is 1. The monoisotopic (exact) mass is 355 g/mol. The van der Waals surface area contributed by atoms with Crippen molar-refractivity contribution in [1.29, 1.82) is 0 Å². The molecular formula is C20H25N3O3. The van der Waals surface area contributed by atoms with Gasteiger partial charge >= 0.3 is 0 Å². The van der Waals surface area contributed by atoms with Crippen LogP contribution in [0.3, 0.4) is 0 Å². The van der Waals surface area contributed by atoms with Crippen molar-refractivity contribution in [3.05, 3.63) is 57.8 Å². The Hall–Kier alpha value is -2.63. The van der Waals surface area contributed by atoms with Gasteiger partial charge in [0.15, 0.2) is 0 Å². The van der Waals surface area contributed by atoms with E-state index in [4.69, 9.17) is 4.74 Å². The summed E-state index contributed by atoms with van der Waals surface area (Å²) in [5.41, 5.74) is 1.72. The van der Waals surface area contributed by atoms with Crippen LogP contribution in [0.25, 0.3) is 0 Å². The van der Waals surface area contributed by atoms with Crippen molar-refractivity contribution in [2.75, 3.05) is 20.2 Å². The number of aromatic amines is 1. The number of ether oxygens (including phenoxy) is 1. The predicted octanol–water partition coefficient (Wildman–Crippen LogP) is 2.60. The van der Waals surface area contributed by atoms with Gasteiger partial charge in [-0.15, -0.1) is 0 Å². The molecule has 0 aliphatic carbocycles. The van der Waals surface area contributed by atoms with Gasteiger partial charge in [-0.3, -0.25) is 9.59 Å². The lowest BCUT2D eigenvalue weighted by Gasteiger charge is -2.18. The molecule has 0 saturated carbocycles. The summed E-state index contributed by atoms with van der Waals surface area (Å²) in [5.74, 6) is 1.67. The summed E-state index contributed by atoms with van der Waals surface area (Å²) in [5, 5.41) is 0. The molecule has 2 heterocycles. The molecule has 1 amide bonds. The number of H-pyrrole nitrogens is 1. The lowest BCUT2D eigenvalue weighted by molar-refractivity contribution is -0.130. The summed E-state index contributed by atoms with van der Waals surface area (Å²) in [4.78, 5) is 33.5. The number of benzene rings is 1. The van der Waals surface area contributed by atoms with Gasteiger partial charge in [-0.2, -0.15) is 0 Å². The molecule has 2 aromatic rings. The second-order valence-corrected chi connectivity index (χ2v) is 6.79. The summed E-state index contributed by atoms with van der Waals surface area (Å²) >= 11 is 0. The minimum absolute atomic E-state index is 0.00482. The molecule has 1 saturated heterocycles. The van der Waals surface area contributed by atoms with E-state index in [1.165, 1.54) is 0 Å². The molecule has 1 aliphatic rings. The van der Waals surface area contributed by atoms with E-state index in [2.05, 4.69) is 9.97 Å². The van der Waals surface area contributed by atoms with Gasteiger partial charge in [-0.25, -0.2) is 4.98 Å². The molecule has 0 unspecified atom stereocenters. The summed E-state index contributed by atoms with van der Waals surface area (Å²) in [7, 11) is 1.64. The fourth-order valence-electron chi connectivity index (χ4n) is 3.66. The van der Waals surface area contributed by atoms with Gasteiger partial charge in [-0.05, 0) is 31.0 Å². The van der Waals surface area contributed by atoms with Crippen molar-refractivity contribution < 1.29 is 9.53 Å². The number of hydrogen-bond acceptors (Lipinski definition) is 4. The van der Waals surface area contributed by atoms with E-state index in [-0.39, 0.29) is 23.3 Å². The quantitative estimate of drug-likeness (QED) is 0.894. The molecule has 0 spiro atoms. The van der Waals surface area contributed by atoms with Gasteiger partial charge in [0.25, 0.3) is 5.56 Å². The number of likely N-dealkylation sites (tertiary alicyclic amines) is 1. The Balaban J connectivity index is 1.96. The largest absolute Gasteiger partial charge is 0.497 e. The highest BCUT2D eigenvalue weighted by atomic mass is 16.5. The van der Waals surface area contributed by atoms with Crippen LogP contribution in [0, 0.1) is 6.92 Å². The molecule has 0 bridgehead atoms. The molecule has 6 nitrogen and oxygen atoms in total. The molecule has 1 fully saturated rings. The number of amides is 1. The summed E-state index contributed by atoms with van der Waals surface area (Å²) in [6.45, 7) is 5.02. The molecule has 1 aliphatic heterocycles. The Morgan fingerprint density at radius 2 is 1.96 bits per heavy atom. The average molecular weight is 355 g/mol. The summed E-state index contributed by atoms with van der Waals surface area (Å²) < 4.78 is 5.24. The molecule has 0 radical (unpaired) electrons. The number of nitrogens with zero attached hydrogens (tertiary/aromatic N) is 2. The molecule has 1 aromatic carbocycles. The third-order valence-corrected chi connectivity index (χ3v) is 4.94. The molecule has 2 atom stereocenters. The van der Waals surface area contributed by atoms with E-state index in [9.17, 15) is 9.59 Å². The van der Waals surface area contributed by atoms with Crippen LogP contribution in [0.4, 0.5) is 0 Å². The van der Waals surface area contributed by atoms with Crippen molar-refractivity contribution in [3.8, 4) is 5.75 Å². The van der Waals surface area contributed by atoms with Gasteiger partial charge in [-0.1, -0.05) is 19.1 Å². The molecule has 1 aromatic heterocycles. The first-order valence-electron chi connectivity index (χ1n) is 9.01. The average Bonchev–Trinajstić information content (AvgIpc) is 3.07. The van der Waals surface area contributed by atoms with Crippen molar-refractivity contribution in [3.63, 3.8) is 0 Å². The van der Waals surface area contributed by atoms with Crippen molar-refractivity contribution >= 4 is 5.91 Å². The van der Waals surface area contributed by atoms with Crippen LogP contribution >= 0.6 is 0 Å². The SMILES string of the molecule is CCCC(=O)N1C[C@@H](c2ccc(OC)cc2)[C@H](c2cc(=O)[nH]c(C)n2)C1. The number of rotatable bonds is 5. The molecule has 1 N–H and O–H groups in total. The number of aromatic nitrogens is 2. The number of nitrogens with one attached hydrogen (secondary N) is 1. The van der Waals surface area contributed by atoms with Crippen LogP contribution in [0.5, 0.6) is 5.75 Å². The lowest BCUT2D eigenvalue weighted by atomic mass is 9.86. The Bertz CT molecular complexity index is 829. The highest BCUT2D eigenvalue weighted by Gasteiger charge is 2.37. The first-order chi connectivity index (χ1) is 12.5. The van der Waals surface area contributed by atoms with Crippen LogP contribution in [0.15, 0.2) is 35.1 Å². The molecular weight excluding hydrogens is 330 g/mol. The summed E-state index contributed by atoms with van der Waals surface area (Å²) in [6.07, 6.45) is 1.37. The third kappa shape index (κ3) is 3.79. The van der Waals surface area contributed by atoms with E-state index in [1.807, 2.05) is 36.1 Å². The van der Waals surface area contributed by atoms with E-state index in [0.717, 1.165) is 23.4 Å². The van der Waals surface area contributed by atoms with Crippen LogP contribution < -0.4 is 10.3 Å². The molecule has 3 rings (SSSR count). The van der Waals surface area contributed by atoms with E-state index >= 15 is 0 Å². The van der Waals surface area contributed by atoms with Crippen molar-refractivity contribution in [2.45, 2.75) is 38.5 Å². The Labute approximate surface area is 153 Å². The highest BCUT2D eigenvalue weighted by molar-refractivity contribution is 5.76. The number of carbonyl (C=O) groups excluding carboxylic acids is 1. The van der Waals surface area contributed by atoms with Crippen LogP contribution in [-0.2, 0) is 4.79 Å². The molecule has 6 heteroatoms. The Morgan fingerprint density at radius 3 is 2.58 bits per heavy atom. The standard InChI is InChI=1S/C20H25N3O3/c1-4-5-20(25)23-11-16(14-6-8-15(26-3)9-7-14)17(12-23)18-10-19(24)22-13(2)21-18/h6-10,16-17H,4-5,11-12H2,1-3H3,(H,21,22,24)/t16-,17+/m0/s1. The number of aryl methyl sites for hydroxylation is 1. The number of hydrogen-bond donors (Lipinski definition) is 1. The maximum absolute atomic E-state index is 12.5. The van der Waals surface area contributed by atoms with Gasteiger partial charge in [0.2, 0.25) is 5.91 Å². The minimum atomic E-state index is -0.153. The van der Waals surface area contributed by atoms with E-state index in [0.29, 0.717) is 25.3 Å². The zero-order valence-corrected chi connectivity index (χ0v) is 15.5. The van der Waals surface area contributed by atoms with E-state index in [1.54, 1.807) is 20.1 Å². The first-order valence-corrected chi connectivity index (χ1v) is 9.01. The topological polar surface area (TPSA) is 75.3 Å². The maximum atomic E-state index is 12.5. The molecule has 26 heavy (non-hydrogen) atoms. The number of methoxy groups -OCH3 is 1. The van der Waals surface area contributed by atoms with Crippen LogP contribution in [-0.4, -0.2) is 41.0 Å². The highest BCUT2D eigenvalue weighted by Crippen LogP contribution is 2.39. The third-order valence-electron chi connectivity index (χ3n) is 4.94. The second kappa shape index (κ2) is 7.72.